The molecule has 5 heteroatoms. The first-order chi connectivity index (χ1) is 8.90. The molecule has 1 aromatic carbocycles. The lowest BCUT2D eigenvalue weighted by atomic mass is 10.3. The highest BCUT2D eigenvalue weighted by Gasteiger charge is 2.01. The summed E-state index contributed by atoms with van der Waals surface area (Å²) in [5.41, 5.74) is 1.06. The molecular weight excluding hydrogens is 248 g/mol. The Hall–Kier alpha value is -1.17. The Balaban J connectivity index is 1.67. The molecular formula is C13H18N2O2S. The molecule has 0 saturated carbocycles. The molecule has 1 heterocycles. The van der Waals surface area contributed by atoms with E-state index in [1.807, 2.05) is 18.2 Å². The Morgan fingerprint density at radius 3 is 2.94 bits per heavy atom. The predicted octanol–water partition coefficient (Wildman–Crippen LogP) is 2.76. The van der Waals surface area contributed by atoms with Crippen LogP contribution in [0.4, 0.5) is 5.13 Å². The highest BCUT2D eigenvalue weighted by atomic mass is 32.1. The number of para-hydroxylation sites is 1. The van der Waals surface area contributed by atoms with Crippen molar-refractivity contribution in [3.63, 3.8) is 0 Å². The van der Waals surface area contributed by atoms with Gasteiger partial charge in [0.2, 0.25) is 0 Å². The summed E-state index contributed by atoms with van der Waals surface area (Å²) in [6.45, 7) is 2.96. The molecule has 4 nitrogen and oxygen atoms in total. The van der Waals surface area contributed by atoms with Gasteiger partial charge in [0.25, 0.3) is 0 Å². The largest absolute Gasteiger partial charge is 0.382 e. The first-order valence-corrected chi connectivity index (χ1v) is 6.88. The maximum absolute atomic E-state index is 5.39. The number of benzene rings is 1. The highest BCUT2D eigenvalue weighted by molar-refractivity contribution is 7.22. The minimum absolute atomic E-state index is 0.658. The van der Waals surface area contributed by atoms with Crippen molar-refractivity contribution < 1.29 is 9.47 Å². The molecule has 1 N–H and O–H groups in total. The monoisotopic (exact) mass is 266 g/mol. The number of rotatable bonds is 8. The van der Waals surface area contributed by atoms with Gasteiger partial charge in [-0.1, -0.05) is 23.5 Å². The Bertz CT molecular complexity index is 440. The van der Waals surface area contributed by atoms with E-state index in [0.717, 1.165) is 30.2 Å². The fourth-order valence-electron chi connectivity index (χ4n) is 1.56. The van der Waals surface area contributed by atoms with E-state index in [-0.39, 0.29) is 0 Å². The summed E-state index contributed by atoms with van der Waals surface area (Å²) in [6, 6.07) is 8.17. The van der Waals surface area contributed by atoms with Gasteiger partial charge >= 0.3 is 0 Å². The summed E-state index contributed by atoms with van der Waals surface area (Å²) in [6.07, 6.45) is 0.972. The van der Waals surface area contributed by atoms with Crippen molar-refractivity contribution >= 4 is 26.7 Å². The van der Waals surface area contributed by atoms with E-state index in [9.17, 15) is 0 Å². The van der Waals surface area contributed by atoms with Gasteiger partial charge in [-0.15, -0.1) is 0 Å². The van der Waals surface area contributed by atoms with Crippen LogP contribution < -0.4 is 5.32 Å². The third-order valence-electron chi connectivity index (χ3n) is 2.47. The Labute approximate surface area is 111 Å². The highest BCUT2D eigenvalue weighted by Crippen LogP contribution is 2.25. The molecule has 2 aromatic rings. The minimum Gasteiger partial charge on any atom is -0.382 e. The van der Waals surface area contributed by atoms with Crippen LogP contribution in [-0.4, -0.2) is 38.5 Å². The molecule has 0 amide bonds. The van der Waals surface area contributed by atoms with Crippen LogP contribution in [0.1, 0.15) is 6.42 Å². The molecule has 0 atom stereocenters. The summed E-state index contributed by atoms with van der Waals surface area (Å²) < 4.78 is 11.5. The molecule has 18 heavy (non-hydrogen) atoms. The summed E-state index contributed by atoms with van der Waals surface area (Å²) in [5, 5.41) is 4.30. The van der Waals surface area contributed by atoms with E-state index in [1.165, 1.54) is 4.70 Å². The van der Waals surface area contributed by atoms with Crippen LogP contribution in [0.5, 0.6) is 0 Å². The van der Waals surface area contributed by atoms with Crippen molar-refractivity contribution in [1.29, 1.82) is 0 Å². The van der Waals surface area contributed by atoms with Gasteiger partial charge < -0.3 is 14.8 Å². The number of hydrogen-bond acceptors (Lipinski definition) is 5. The number of anilines is 1. The van der Waals surface area contributed by atoms with Gasteiger partial charge in [-0.05, 0) is 18.6 Å². The average molecular weight is 266 g/mol. The SMILES string of the molecule is COCCOCCCNc1nc2ccccc2s1. The van der Waals surface area contributed by atoms with E-state index in [4.69, 9.17) is 9.47 Å². The fourth-order valence-corrected chi connectivity index (χ4v) is 2.45. The number of hydrogen-bond donors (Lipinski definition) is 1. The van der Waals surface area contributed by atoms with Crippen LogP contribution in [0.2, 0.25) is 0 Å². The minimum atomic E-state index is 0.658. The first kappa shape index (κ1) is 13.3. The van der Waals surface area contributed by atoms with Gasteiger partial charge in [-0.3, -0.25) is 0 Å². The molecule has 0 aliphatic heterocycles. The zero-order chi connectivity index (χ0) is 12.6. The van der Waals surface area contributed by atoms with E-state index >= 15 is 0 Å². The van der Waals surface area contributed by atoms with Crippen molar-refractivity contribution in [3.05, 3.63) is 24.3 Å². The second kappa shape index (κ2) is 7.31. The summed E-state index contributed by atoms with van der Waals surface area (Å²) in [5.74, 6) is 0. The van der Waals surface area contributed by atoms with E-state index in [0.29, 0.717) is 13.2 Å². The van der Waals surface area contributed by atoms with Crippen molar-refractivity contribution in [2.45, 2.75) is 6.42 Å². The molecule has 98 valence electrons. The number of ether oxygens (including phenoxy) is 2. The molecule has 0 unspecified atom stereocenters. The van der Waals surface area contributed by atoms with Crippen LogP contribution >= 0.6 is 11.3 Å². The molecule has 0 bridgehead atoms. The van der Waals surface area contributed by atoms with Gasteiger partial charge in [0.1, 0.15) is 0 Å². The van der Waals surface area contributed by atoms with Crippen LogP contribution in [-0.2, 0) is 9.47 Å². The number of nitrogens with zero attached hydrogens (tertiary/aromatic N) is 1. The van der Waals surface area contributed by atoms with Gasteiger partial charge in [0.15, 0.2) is 5.13 Å². The molecule has 0 spiro atoms. The van der Waals surface area contributed by atoms with Crippen molar-refractivity contribution in [1.82, 2.24) is 4.98 Å². The Morgan fingerprint density at radius 2 is 2.11 bits per heavy atom. The first-order valence-electron chi connectivity index (χ1n) is 6.06. The zero-order valence-corrected chi connectivity index (χ0v) is 11.3. The predicted molar refractivity (Wildman–Crippen MR) is 75.4 cm³/mol. The Kier molecular flexibility index (Phi) is 5.38. The smallest absolute Gasteiger partial charge is 0.183 e. The molecule has 0 radical (unpaired) electrons. The lowest BCUT2D eigenvalue weighted by molar-refractivity contribution is 0.0705. The van der Waals surface area contributed by atoms with Crippen LogP contribution in [0.25, 0.3) is 10.2 Å². The second-order valence-corrected chi connectivity index (χ2v) is 4.90. The standard InChI is InChI=1S/C13H18N2O2S/c1-16-9-10-17-8-4-7-14-13-15-11-5-2-3-6-12(11)18-13/h2-3,5-6H,4,7-10H2,1H3,(H,14,15). The van der Waals surface area contributed by atoms with Gasteiger partial charge in [0.05, 0.1) is 23.4 Å². The van der Waals surface area contributed by atoms with E-state index < -0.39 is 0 Å². The quantitative estimate of drug-likeness (QED) is 0.746. The molecule has 0 aliphatic rings. The van der Waals surface area contributed by atoms with Crippen LogP contribution in [0, 0.1) is 0 Å². The summed E-state index contributed by atoms with van der Waals surface area (Å²) in [7, 11) is 1.68. The van der Waals surface area contributed by atoms with E-state index in [2.05, 4.69) is 16.4 Å². The lowest BCUT2D eigenvalue weighted by Crippen LogP contribution is -2.08. The molecule has 0 aliphatic carbocycles. The van der Waals surface area contributed by atoms with Gasteiger partial charge in [-0.2, -0.15) is 0 Å². The summed E-state index contributed by atoms with van der Waals surface area (Å²) in [4.78, 5) is 4.51. The van der Waals surface area contributed by atoms with Crippen LogP contribution in [0.15, 0.2) is 24.3 Å². The van der Waals surface area contributed by atoms with Crippen LogP contribution in [0.3, 0.4) is 0 Å². The number of fused-ring (bicyclic) bond motifs is 1. The third-order valence-corrected chi connectivity index (χ3v) is 3.46. The van der Waals surface area contributed by atoms with Crippen molar-refractivity contribution in [2.75, 3.05) is 38.8 Å². The molecule has 1 aromatic heterocycles. The number of methoxy groups -OCH3 is 1. The number of nitrogens with one attached hydrogen (secondary N) is 1. The van der Waals surface area contributed by atoms with Crippen molar-refractivity contribution in [2.24, 2.45) is 0 Å². The van der Waals surface area contributed by atoms with Crippen molar-refractivity contribution in [3.8, 4) is 0 Å². The zero-order valence-electron chi connectivity index (χ0n) is 10.5. The van der Waals surface area contributed by atoms with Gasteiger partial charge in [0, 0.05) is 20.3 Å². The maximum Gasteiger partial charge on any atom is 0.183 e. The number of thiazole rings is 1. The molecule has 0 saturated heterocycles. The lowest BCUT2D eigenvalue weighted by Gasteiger charge is -2.04. The summed E-state index contributed by atoms with van der Waals surface area (Å²) >= 11 is 1.69. The molecule has 0 fully saturated rings. The molecule has 2 rings (SSSR count). The average Bonchev–Trinajstić information content (AvgIpc) is 2.80. The number of aromatic nitrogens is 1. The normalized spacial score (nSPS) is 10.9. The second-order valence-electron chi connectivity index (χ2n) is 3.87. The fraction of sp³-hybridized carbons (Fsp3) is 0.462. The van der Waals surface area contributed by atoms with E-state index in [1.54, 1.807) is 18.4 Å². The Morgan fingerprint density at radius 1 is 1.22 bits per heavy atom. The maximum atomic E-state index is 5.39. The van der Waals surface area contributed by atoms with Gasteiger partial charge in [-0.25, -0.2) is 4.98 Å². The third kappa shape index (κ3) is 3.94. The topological polar surface area (TPSA) is 43.4 Å².